The van der Waals surface area contributed by atoms with E-state index in [2.05, 4.69) is 12.0 Å². The zero-order chi connectivity index (χ0) is 10.7. The first-order valence-electron chi connectivity index (χ1n) is 5.98. The number of hydrogen-bond acceptors (Lipinski definition) is 2. The molecule has 1 fully saturated rings. The SMILES string of the molecule is CCCC1CCC(O)C(n2cccn2)C1. The van der Waals surface area contributed by atoms with E-state index in [9.17, 15) is 5.11 Å². The number of nitrogens with zero attached hydrogens (tertiary/aromatic N) is 2. The molecule has 1 aliphatic carbocycles. The van der Waals surface area contributed by atoms with Gasteiger partial charge < -0.3 is 5.11 Å². The molecule has 0 spiro atoms. The molecule has 1 aromatic heterocycles. The van der Waals surface area contributed by atoms with Gasteiger partial charge in [0.1, 0.15) is 0 Å². The summed E-state index contributed by atoms with van der Waals surface area (Å²) < 4.78 is 1.92. The van der Waals surface area contributed by atoms with Gasteiger partial charge in [-0.1, -0.05) is 19.8 Å². The zero-order valence-corrected chi connectivity index (χ0v) is 9.34. The van der Waals surface area contributed by atoms with E-state index in [4.69, 9.17) is 0 Å². The predicted octanol–water partition coefficient (Wildman–Crippen LogP) is 2.39. The van der Waals surface area contributed by atoms with Crippen LogP contribution in [0.5, 0.6) is 0 Å². The highest BCUT2D eigenvalue weighted by molar-refractivity contribution is 4.88. The van der Waals surface area contributed by atoms with Gasteiger partial charge in [-0.05, 0) is 31.2 Å². The van der Waals surface area contributed by atoms with E-state index in [1.807, 2.05) is 16.9 Å². The third-order valence-corrected chi connectivity index (χ3v) is 3.45. The third kappa shape index (κ3) is 2.40. The van der Waals surface area contributed by atoms with Crippen LogP contribution >= 0.6 is 0 Å². The van der Waals surface area contributed by atoms with E-state index in [0.29, 0.717) is 0 Å². The van der Waals surface area contributed by atoms with Crippen molar-refractivity contribution in [2.45, 2.75) is 51.2 Å². The van der Waals surface area contributed by atoms with Gasteiger partial charge in [-0.2, -0.15) is 5.10 Å². The maximum absolute atomic E-state index is 9.97. The summed E-state index contributed by atoms with van der Waals surface area (Å²) >= 11 is 0. The summed E-state index contributed by atoms with van der Waals surface area (Å²) in [7, 11) is 0. The lowest BCUT2D eigenvalue weighted by atomic mass is 9.81. The van der Waals surface area contributed by atoms with Crippen molar-refractivity contribution in [2.24, 2.45) is 5.92 Å². The summed E-state index contributed by atoms with van der Waals surface area (Å²) in [6.45, 7) is 2.23. The fourth-order valence-corrected chi connectivity index (χ4v) is 2.65. The summed E-state index contributed by atoms with van der Waals surface area (Å²) in [5.41, 5.74) is 0. The Morgan fingerprint density at radius 3 is 3.00 bits per heavy atom. The standard InChI is InChI=1S/C12H20N2O/c1-2-4-10-5-6-12(15)11(9-10)14-8-3-7-13-14/h3,7-8,10-12,15H,2,4-6,9H2,1H3. The van der Waals surface area contributed by atoms with Gasteiger partial charge in [0, 0.05) is 12.4 Å². The van der Waals surface area contributed by atoms with Crippen molar-refractivity contribution in [3.05, 3.63) is 18.5 Å². The first-order valence-corrected chi connectivity index (χ1v) is 5.98. The minimum Gasteiger partial charge on any atom is -0.391 e. The highest BCUT2D eigenvalue weighted by Crippen LogP contribution is 2.34. The smallest absolute Gasteiger partial charge is 0.0780 e. The van der Waals surface area contributed by atoms with Crippen LogP contribution in [-0.4, -0.2) is 21.0 Å². The van der Waals surface area contributed by atoms with Gasteiger partial charge in [0.15, 0.2) is 0 Å². The highest BCUT2D eigenvalue weighted by Gasteiger charge is 2.29. The minimum absolute atomic E-state index is 0.199. The number of aliphatic hydroxyl groups excluding tert-OH is 1. The molecule has 1 heterocycles. The largest absolute Gasteiger partial charge is 0.391 e. The van der Waals surface area contributed by atoms with Crippen LogP contribution in [0.15, 0.2) is 18.5 Å². The molecule has 15 heavy (non-hydrogen) atoms. The number of hydrogen-bond donors (Lipinski definition) is 1. The number of aliphatic hydroxyl groups is 1. The monoisotopic (exact) mass is 208 g/mol. The Hall–Kier alpha value is -0.830. The van der Waals surface area contributed by atoms with E-state index in [1.165, 1.54) is 19.3 Å². The Morgan fingerprint density at radius 1 is 1.47 bits per heavy atom. The van der Waals surface area contributed by atoms with Gasteiger partial charge in [0.2, 0.25) is 0 Å². The van der Waals surface area contributed by atoms with E-state index >= 15 is 0 Å². The van der Waals surface area contributed by atoms with Crippen LogP contribution < -0.4 is 0 Å². The van der Waals surface area contributed by atoms with Crippen molar-refractivity contribution < 1.29 is 5.11 Å². The molecule has 3 atom stereocenters. The molecule has 3 heteroatoms. The molecule has 1 N–H and O–H groups in total. The quantitative estimate of drug-likeness (QED) is 0.828. The van der Waals surface area contributed by atoms with Gasteiger partial charge in [0.05, 0.1) is 12.1 Å². The predicted molar refractivity (Wildman–Crippen MR) is 59.5 cm³/mol. The second-order valence-corrected chi connectivity index (χ2v) is 4.59. The van der Waals surface area contributed by atoms with Gasteiger partial charge in [-0.15, -0.1) is 0 Å². The Labute approximate surface area is 91.1 Å². The van der Waals surface area contributed by atoms with Gasteiger partial charge in [-0.25, -0.2) is 0 Å². The fourth-order valence-electron chi connectivity index (χ4n) is 2.65. The lowest BCUT2D eigenvalue weighted by Gasteiger charge is -2.33. The molecule has 0 saturated heterocycles. The molecule has 0 aromatic carbocycles. The van der Waals surface area contributed by atoms with Gasteiger partial charge in [0.25, 0.3) is 0 Å². The summed E-state index contributed by atoms with van der Waals surface area (Å²) in [5.74, 6) is 0.771. The van der Waals surface area contributed by atoms with E-state index in [0.717, 1.165) is 18.8 Å². The van der Waals surface area contributed by atoms with Crippen molar-refractivity contribution in [1.82, 2.24) is 9.78 Å². The Bertz CT molecular complexity index is 284. The zero-order valence-electron chi connectivity index (χ0n) is 9.34. The first-order chi connectivity index (χ1) is 7.31. The van der Waals surface area contributed by atoms with Gasteiger partial charge in [-0.3, -0.25) is 4.68 Å². The van der Waals surface area contributed by atoms with Crippen molar-refractivity contribution in [1.29, 1.82) is 0 Å². The molecule has 1 saturated carbocycles. The average molecular weight is 208 g/mol. The van der Waals surface area contributed by atoms with Crippen LogP contribution in [0.1, 0.15) is 45.1 Å². The van der Waals surface area contributed by atoms with Crippen molar-refractivity contribution in [3.8, 4) is 0 Å². The maximum Gasteiger partial charge on any atom is 0.0780 e. The Morgan fingerprint density at radius 2 is 2.33 bits per heavy atom. The van der Waals surface area contributed by atoms with Crippen LogP contribution in [0, 0.1) is 5.92 Å². The van der Waals surface area contributed by atoms with Crippen LogP contribution in [0.2, 0.25) is 0 Å². The van der Waals surface area contributed by atoms with E-state index in [-0.39, 0.29) is 12.1 Å². The molecule has 3 unspecified atom stereocenters. The summed E-state index contributed by atoms with van der Waals surface area (Å²) in [6.07, 6.45) is 9.24. The molecule has 84 valence electrons. The number of rotatable bonds is 3. The normalized spacial score (nSPS) is 31.7. The summed E-state index contributed by atoms with van der Waals surface area (Å²) in [5, 5.41) is 14.2. The van der Waals surface area contributed by atoms with Crippen LogP contribution in [-0.2, 0) is 0 Å². The molecule has 2 rings (SSSR count). The van der Waals surface area contributed by atoms with Crippen LogP contribution in [0.4, 0.5) is 0 Å². The molecule has 0 aliphatic heterocycles. The van der Waals surface area contributed by atoms with Crippen LogP contribution in [0.25, 0.3) is 0 Å². The lowest BCUT2D eigenvalue weighted by Crippen LogP contribution is -2.31. The fraction of sp³-hybridized carbons (Fsp3) is 0.750. The van der Waals surface area contributed by atoms with Crippen LogP contribution in [0.3, 0.4) is 0 Å². The highest BCUT2D eigenvalue weighted by atomic mass is 16.3. The van der Waals surface area contributed by atoms with Crippen molar-refractivity contribution >= 4 is 0 Å². The molecular weight excluding hydrogens is 188 g/mol. The summed E-state index contributed by atoms with van der Waals surface area (Å²) in [4.78, 5) is 0. The molecule has 1 aromatic rings. The van der Waals surface area contributed by atoms with Crippen molar-refractivity contribution in [3.63, 3.8) is 0 Å². The molecule has 0 bridgehead atoms. The first kappa shape index (κ1) is 10.7. The molecule has 0 radical (unpaired) electrons. The lowest BCUT2D eigenvalue weighted by molar-refractivity contribution is 0.0464. The molecule has 1 aliphatic rings. The average Bonchev–Trinajstić information content (AvgIpc) is 2.74. The molecular formula is C12H20N2O. The van der Waals surface area contributed by atoms with Gasteiger partial charge >= 0.3 is 0 Å². The second kappa shape index (κ2) is 4.79. The Kier molecular flexibility index (Phi) is 3.41. The Balaban J connectivity index is 2.02. The topological polar surface area (TPSA) is 38.0 Å². The minimum atomic E-state index is -0.210. The maximum atomic E-state index is 9.97. The molecule has 0 amide bonds. The third-order valence-electron chi connectivity index (χ3n) is 3.45. The summed E-state index contributed by atoms with van der Waals surface area (Å²) in [6, 6.07) is 2.13. The van der Waals surface area contributed by atoms with Crippen molar-refractivity contribution in [2.75, 3.05) is 0 Å². The van der Waals surface area contributed by atoms with E-state index < -0.39 is 0 Å². The van der Waals surface area contributed by atoms with E-state index in [1.54, 1.807) is 6.20 Å². The second-order valence-electron chi connectivity index (χ2n) is 4.59. The molecule has 3 nitrogen and oxygen atoms in total. The number of aromatic nitrogens is 2.